The summed E-state index contributed by atoms with van der Waals surface area (Å²) in [6.45, 7) is 1.88. The SMILES string of the molecule is CC(N)(Cc1c[nH]c2ccccc12)c1nc(C(=O)NC2CCCCC2)co1. The van der Waals surface area contributed by atoms with Gasteiger partial charge in [-0.25, -0.2) is 4.98 Å². The molecule has 6 nitrogen and oxygen atoms in total. The van der Waals surface area contributed by atoms with Gasteiger partial charge in [-0.2, -0.15) is 0 Å². The molecule has 1 amide bonds. The smallest absolute Gasteiger partial charge is 0.273 e. The Kier molecular flexibility index (Phi) is 4.74. The van der Waals surface area contributed by atoms with E-state index in [-0.39, 0.29) is 11.9 Å². The van der Waals surface area contributed by atoms with Crippen molar-refractivity contribution in [3.05, 3.63) is 53.9 Å². The number of H-pyrrole nitrogens is 1. The van der Waals surface area contributed by atoms with Crippen LogP contribution in [0.4, 0.5) is 0 Å². The Morgan fingerprint density at radius 1 is 1.33 bits per heavy atom. The van der Waals surface area contributed by atoms with Gasteiger partial charge in [0.05, 0.1) is 5.54 Å². The Bertz CT molecular complexity index is 934. The molecule has 27 heavy (non-hydrogen) atoms. The van der Waals surface area contributed by atoms with Gasteiger partial charge >= 0.3 is 0 Å². The summed E-state index contributed by atoms with van der Waals surface area (Å²) in [5.74, 6) is 0.196. The van der Waals surface area contributed by atoms with Crippen LogP contribution in [0.3, 0.4) is 0 Å². The number of aromatic nitrogens is 2. The number of para-hydroxylation sites is 1. The fraction of sp³-hybridized carbons (Fsp3) is 0.429. The fourth-order valence-corrected chi connectivity index (χ4v) is 3.90. The van der Waals surface area contributed by atoms with Gasteiger partial charge in [0.1, 0.15) is 6.26 Å². The fourth-order valence-electron chi connectivity index (χ4n) is 3.90. The maximum Gasteiger partial charge on any atom is 0.273 e. The molecule has 6 heteroatoms. The maximum absolute atomic E-state index is 12.5. The number of carbonyl (C=O) groups excluding carboxylic acids is 1. The van der Waals surface area contributed by atoms with E-state index < -0.39 is 5.54 Å². The van der Waals surface area contributed by atoms with Gasteiger partial charge in [-0.3, -0.25) is 4.79 Å². The number of amides is 1. The van der Waals surface area contributed by atoms with Crippen LogP contribution in [-0.2, 0) is 12.0 Å². The number of hydrogen-bond donors (Lipinski definition) is 3. The Labute approximate surface area is 158 Å². The first kappa shape index (κ1) is 17.8. The van der Waals surface area contributed by atoms with Crippen LogP contribution in [0.5, 0.6) is 0 Å². The molecule has 1 saturated carbocycles. The van der Waals surface area contributed by atoms with Crippen LogP contribution >= 0.6 is 0 Å². The third kappa shape index (κ3) is 3.76. The van der Waals surface area contributed by atoms with Crippen molar-refractivity contribution in [1.82, 2.24) is 15.3 Å². The van der Waals surface area contributed by atoms with Crippen LogP contribution in [0.25, 0.3) is 10.9 Å². The molecule has 1 aromatic carbocycles. The van der Waals surface area contributed by atoms with E-state index in [1.807, 2.05) is 31.3 Å². The third-order valence-electron chi connectivity index (χ3n) is 5.40. The van der Waals surface area contributed by atoms with Gasteiger partial charge < -0.3 is 20.5 Å². The normalized spacial score (nSPS) is 17.7. The largest absolute Gasteiger partial charge is 0.446 e. The lowest BCUT2D eigenvalue weighted by Gasteiger charge is -2.22. The highest BCUT2D eigenvalue weighted by Crippen LogP contribution is 2.27. The molecule has 4 N–H and O–H groups in total. The average Bonchev–Trinajstić information content (AvgIpc) is 3.31. The van der Waals surface area contributed by atoms with Gasteiger partial charge in [0.25, 0.3) is 5.91 Å². The van der Waals surface area contributed by atoms with Crippen molar-refractivity contribution in [1.29, 1.82) is 0 Å². The quantitative estimate of drug-likeness (QED) is 0.642. The second kappa shape index (κ2) is 7.19. The number of benzene rings is 1. The lowest BCUT2D eigenvalue weighted by molar-refractivity contribution is 0.0922. The molecule has 0 radical (unpaired) electrons. The zero-order valence-corrected chi connectivity index (χ0v) is 15.6. The molecule has 2 heterocycles. The van der Waals surface area contributed by atoms with Crippen LogP contribution < -0.4 is 11.1 Å². The molecule has 0 spiro atoms. The molecule has 4 rings (SSSR count). The van der Waals surface area contributed by atoms with Gasteiger partial charge in [-0.15, -0.1) is 0 Å². The third-order valence-corrected chi connectivity index (χ3v) is 5.40. The summed E-state index contributed by atoms with van der Waals surface area (Å²) >= 11 is 0. The highest BCUT2D eigenvalue weighted by Gasteiger charge is 2.30. The number of nitrogens with two attached hydrogens (primary N) is 1. The van der Waals surface area contributed by atoms with Crippen molar-refractivity contribution in [3.8, 4) is 0 Å². The summed E-state index contributed by atoms with van der Waals surface area (Å²) in [5, 5.41) is 4.20. The molecule has 0 bridgehead atoms. The van der Waals surface area contributed by atoms with Crippen molar-refractivity contribution in [2.24, 2.45) is 5.73 Å². The van der Waals surface area contributed by atoms with Crippen LogP contribution in [0.15, 0.2) is 41.1 Å². The molecule has 2 aromatic heterocycles. The molecule has 1 unspecified atom stereocenters. The predicted octanol–water partition coefficient (Wildman–Crippen LogP) is 3.64. The van der Waals surface area contributed by atoms with E-state index in [9.17, 15) is 4.79 Å². The van der Waals surface area contributed by atoms with E-state index >= 15 is 0 Å². The Balaban J connectivity index is 1.48. The van der Waals surface area contributed by atoms with Crippen molar-refractivity contribution in [3.63, 3.8) is 0 Å². The minimum absolute atomic E-state index is 0.181. The summed E-state index contributed by atoms with van der Waals surface area (Å²) < 4.78 is 5.59. The number of hydrogen-bond acceptors (Lipinski definition) is 4. The molecule has 1 aliphatic carbocycles. The van der Waals surface area contributed by atoms with Crippen LogP contribution in [0.2, 0.25) is 0 Å². The van der Waals surface area contributed by atoms with Gasteiger partial charge in [0.15, 0.2) is 5.69 Å². The molecular formula is C21H26N4O2. The lowest BCUT2D eigenvalue weighted by atomic mass is 9.93. The van der Waals surface area contributed by atoms with Crippen LogP contribution in [-0.4, -0.2) is 21.9 Å². The summed E-state index contributed by atoms with van der Waals surface area (Å²) in [4.78, 5) is 20.1. The Morgan fingerprint density at radius 2 is 2.11 bits per heavy atom. The molecule has 1 fully saturated rings. The number of rotatable bonds is 5. The van der Waals surface area contributed by atoms with Gasteiger partial charge in [-0.05, 0) is 31.4 Å². The molecule has 1 aliphatic rings. The van der Waals surface area contributed by atoms with Crippen molar-refractivity contribution < 1.29 is 9.21 Å². The molecule has 1 atom stereocenters. The number of nitrogens with zero attached hydrogens (tertiary/aromatic N) is 1. The number of carbonyl (C=O) groups is 1. The van der Waals surface area contributed by atoms with E-state index in [2.05, 4.69) is 21.4 Å². The maximum atomic E-state index is 12.5. The molecular weight excluding hydrogens is 340 g/mol. The Hall–Kier alpha value is -2.60. The minimum Gasteiger partial charge on any atom is -0.446 e. The first-order valence-electron chi connectivity index (χ1n) is 9.64. The van der Waals surface area contributed by atoms with Crippen molar-refractivity contribution in [2.45, 2.75) is 57.0 Å². The molecule has 3 aromatic rings. The average molecular weight is 366 g/mol. The monoisotopic (exact) mass is 366 g/mol. The zero-order valence-electron chi connectivity index (χ0n) is 15.6. The molecule has 0 saturated heterocycles. The standard InChI is InChI=1S/C21H26N4O2/c1-21(22,11-14-12-23-17-10-6-5-9-16(14)17)20-25-18(13-27-20)19(26)24-15-7-3-2-4-8-15/h5-6,9-10,12-13,15,23H,2-4,7-8,11,22H2,1H3,(H,24,26). The highest BCUT2D eigenvalue weighted by atomic mass is 16.3. The second-order valence-electron chi connectivity index (χ2n) is 7.80. The van der Waals surface area contributed by atoms with Gasteiger partial charge in [0, 0.05) is 29.6 Å². The molecule has 0 aliphatic heterocycles. The first-order chi connectivity index (χ1) is 13.0. The van der Waals surface area contributed by atoms with E-state index in [0.717, 1.165) is 29.3 Å². The summed E-state index contributed by atoms with van der Waals surface area (Å²) in [7, 11) is 0. The first-order valence-corrected chi connectivity index (χ1v) is 9.64. The van der Waals surface area contributed by atoms with Gasteiger partial charge in [-0.1, -0.05) is 37.5 Å². The van der Waals surface area contributed by atoms with E-state index in [4.69, 9.17) is 10.2 Å². The lowest BCUT2D eigenvalue weighted by Crippen LogP contribution is -2.37. The van der Waals surface area contributed by atoms with Crippen molar-refractivity contribution in [2.75, 3.05) is 0 Å². The zero-order chi connectivity index (χ0) is 18.9. The highest BCUT2D eigenvalue weighted by molar-refractivity contribution is 5.92. The van der Waals surface area contributed by atoms with E-state index in [0.29, 0.717) is 18.0 Å². The van der Waals surface area contributed by atoms with E-state index in [1.165, 1.54) is 25.5 Å². The second-order valence-corrected chi connectivity index (χ2v) is 7.80. The predicted molar refractivity (Wildman–Crippen MR) is 104 cm³/mol. The summed E-state index contributed by atoms with van der Waals surface area (Å²) in [6, 6.07) is 8.34. The number of fused-ring (bicyclic) bond motifs is 1. The van der Waals surface area contributed by atoms with E-state index in [1.54, 1.807) is 0 Å². The minimum atomic E-state index is -0.811. The summed E-state index contributed by atoms with van der Waals surface area (Å²) in [5.41, 5.74) is 8.17. The van der Waals surface area contributed by atoms with Gasteiger partial charge in [0.2, 0.25) is 5.89 Å². The number of nitrogens with one attached hydrogen (secondary N) is 2. The number of oxazole rings is 1. The summed E-state index contributed by atoms with van der Waals surface area (Å²) in [6.07, 6.45) is 9.59. The molecule has 142 valence electrons. The van der Waals surface area contributed by atoms with Crippen molar-refractivity contribution >= 4 is 16.8 Å². The van der Waals surface area contributed by atoms with Crippen LogP contribution in [0.1, 0.15) is 61.0 Å². The van der Waals surface area contributed by atoms with Crippen LogP contribution in [0, 0.1) is 0 Å². The Morgan fingerprint density at radius 3 is 2.93 bits per heavy atom. The topological polar surface area (TPSA) is 96.9 Å². The number of aromatic amines is 1.